The molecule has 8 heteroatoms. The second-order valence-corrected chi connectivity index (χ2v) is 6.16. The van der Waals surface area contributed by atoms with E-state index in [1.165, 1.54) is 11.3 Å². The van der Waals surface area contributed by atoms with Crippen molar-refractivity contribution in [2.24, 2.45) is 0 Å². The lowest BCUT2D eigenvalue weighted by Crippen LogP contribution is -2.32. The van der Waals surface area contributed by atoms with Gasteiger partial charge in [-0.3, -0.25) is 14.5 Å². The molecule has 0 bridgehead atoms. The summed E-state index contributed by atoms with van der Waals surface area (Å²) >= 11 is 0. The van der Waals surface area contributed by atoms with E-state index >= 15 is 0 Å². The Labute approximate surface area is 151 Å². The van der Waals surface area contributed by atoms with E-state index in [0.29, 0.717) is 35.3 Å². The third-order valence-corrected chi connectivity index (χ3v) is 4.53. The Bertz CT molecular complexity index is 751. The molecule has 2 amide bonds. The predicted octanol–water partition coefficient (Wildman–Crippen LogP) is 1.62. The lowest BCUT2D eigenvalue weighted by molar-refractivity contribution is 0.0655. The van der Waals surface area contributed by atoms with Gasteiger partial charge in [0.15, 0.2) is 5.82 Å². The Morgan fingerprint density at radius 1 is 1.20 bits per heavy atom. The van der Waals surface area contributed by atoms with Crippen LogP contribution in [0.2, 0.25) is 0 Å². The first-order chi connectivity index (χ1) is 11.7. The number of carbonyl (C=O) groups is 2. The monoisotopic (exact) mass is 362 g/mol. The molecule has 132 valence electrons. The van der Waals surface area contributed by atoms with Gasteiger partial charge in [-0.25, -0.2) is 0 Å². The Kier molecular flexibility index (Phi) is 5.15. The van der Waals surface area contributed by atoms with E-state index in [0.717, 1.165) is 19.4 Å². The largest absolute Gasteiger partial charge is 0.339 e. The van der Waals surface area contributed by atoms with Crippen molar-refractivity contribution in [1.82, 2.24) is 20.4 Å². The van der Waals surface area contributed by atoms with Gasteiger partial charge >= 0.3 is 0 Å². The van der Waals surface area contributed by atoms with Gasteiger partial charge < -0.3 is 9.84 Å². The molecule has 0 aliphatic carbocycles. The summed E-state index contributed by atoms with van der Waals surface area (Å²) in [6, 6.07) is 7.27. The smallest absolute Gasteiger partial charge is 0.261 e. The van der Waals surface area contributed by atoms with Crippen molar-refractivity contribution in [3.63, 3.8) is 0 Å². The average Bonchev–Trinajstić information content (AvgIpc) is 3.31. The molecule has 0 radical (unpaired) electrons. The van der Waals surface area contributed by atoms with Crippen LogP contribution in [-0.4, -0.2) is 46.0 Å². The number of halogens is 1. The molecule has 25 heavy (non-hydrogen) atoms. The summed E-state index contributed by atoms with van der Waals surface area (Å²) in [6.45, 7) is 1.29. The topological polar surface area (TPSA) is 88.3 Å². The summed E-state index contributed by atoms with van der Waals surface area (Å²) in [7, 11) is 0. The average molecular weight is 363 g/mol. The van der Waals surface area contributed by atoms with Crippen molar-refractivity contribution in [3.05, 3.63) is 47.1 Å². The molecule has 1 atom stereocenters. The summed E-state index contributed by atoms with van der Waals surface area (Å²) in [4.78, 5) is 30.2. The van der Waals surface area contributed by atoms with Gasteiger partial charge in [-0.2, -0.15) is 4.98 Å². The van der Waals surface area contributed by atoms with Crippen molar-refractivity contribution >= 4 is 24.2 Å². The van der Waals surface area contributed by atoms with Crippen molar-refractivity contribution in [2.45, 2.75) is 31.7 Å². The number of hydrogen-bond donors (Lipinski definition) is 1. The maximum absolute atomic E-state index is 12.3. The standard InChI is InChI=1S/C17H18N4O3.ClH/c22-16-12-5-1-2-6-13(12)17(23)21(16)9-7-14-19-15(24-20-14)10-11-4-3-8-18-11;/h1-2,5-6,11,18H,3-4,7-10H2;1H. The second kappa shape index (κ2) is 7.33. The Morgan fingerprint density at radius 2 is 1.92 bits per heavy atom. The van der Waals surface area contributed by atoms with Gasteiger partial charge in [-0.1, -0.05) is 17.3 Å². The van der Waals surface area contributed by atoms with Crippen LogP contribution in [0.25, 0.3) is 0 Å². The number of amides is 2. The zero-order chi connectivity index (χ0) is 16.5. The third kappa shape index (κ3) is 3.43. The molecule has 1 aromatic carbocycles. The quantitative estimate of drug-likeness (QED) is 0.813. The number of benzene rings is 1. The van der Waals surface area contributed by atoms with E-state index in [1.54, 1.807) is 24.3 Å². The highest BCUT2D eigenvalue weighted by atomic mass is 35.5. The number of nitrogens with zero attached hydrogens (tertiary/aromatic N) is 3. The molecule has 4 rings (SSSR count). The minimum absolute atomic E-state index is 0. The summed E-state index contributed by atoms with van der Waals surface area (Å²) < 4.78 is 5.27. The molecule has 7 nitrogen and oxygen atoms in total. The fraction of sp³-hybridized carbons (Fsp3) is 0.412. The molecule has 2 aromatic rings. The van der Waals surface area contributed by atoms with Crippen LogP contribution in [0.5, 0.6) is 0 Å². The van der Waals surface area contributed by atoms with Crippen molar-refractivity contribution in [2.75, 3.05) is 13.1 Å². The van der Waals surface area contributed by atoms with Crippen LogP contribution in [-0.2, 0) is 12.8 Å². The molecule has 3 heterocycles. The van der Waals surface area contributed by atoms with Crippen LogP contribution in [0.4, 0.5) is 0 Å². The minimum atomic E-state index is -0.255. The molecular weight excluding hydrogens is 344 g/mol. The number of nitrogens with one attached hydrogen (secondary N) is 1. The van der Waals surface area contributed by atoms with Crippen LogP contribution in [0.1, 0.15) is 45.3 Å². The maximum Gasteiger partial charge on any atom is 0.261 e. The summed E-state index contributed by atoms with van der Waals surface area (Å²) in [5.41, 5.74) is 0.923. The molecule has 0 spiro atoms. The number of fused-ring (bicyclic) bond motifs is 1. The molecule has 1 fully saturated rings. The van der Waals surface area contributed by atoms with E-state index in [1.807, 2.05) is 0 Å². The van der Waals surface area contributed by atoms with Gasteiger partial charge in [-0.05, 0) is 31.5 Å². The van der Waals surface area contributed by atoms with Gasteiger partial charge in [0.1, 0.15) is 0 Å². The summed E-state index contributed by atoms with van der Waals surface area (Å²) in [6.07, 6.45) is 3.41. The first-order valence-corrected chi connectivity index (χ1v) is 8.22. The van der Waals surface area contributed by atoms with Gasteiger partial charge in [0.2, 0.25) is 5.89 Å². The van der Waals surface area contributed by atoms with E-state index in [9.17, 15) is 9.59 Å². The summed E-state index contributed by atoms with van der Waals surface area (Å²) in [5, 5.41) is 7.34. The number of rotatable bonds is 5. The van der Waals surface area contributed by atoms with Crippen LogP contribution < -0.4 is 5.32 Å². The first-order valence-electron chi connectivity index (χ1n) is 8.22. The second-order valence-electron chi connectivity index (χ2n) is 6.16. The lowest BCUT2D eigenvalue weighted by atomic mass is 10.1. The van der Waals surface area contributed by atoms with Crippen molar-refractivity contribution < 1.29 is 14.1 Å². The highest BCUT2D eigenvalue weighted by molar-refractivity contribution is 6.21. The van der Waals surface area contributed by atoms with Gasteiger partial charge in [-0.15, -0.1) is 12.4 Å². The SMILES string of the molecule is Cl.O=C1c2ccccc2C(=O)N1CCc1noc(CC2CCCN2)n1. The number of aromatic nitrogens is 2. The zero-order valence-electron chi connectivity index (χ0n) is 13.6. The van der Waals surface area contributed by atoms with E-state index in [4.69, 9.17) is 4.52 Å². The zero-order valence-corrected chi connectivity index (χ0v) is 14.4. The Balaban J connectivity index is 0.00000182. The van der Waals surface area contributed by atoms with Crippen molar-refractivity contribution in [1.29, 1.82) is 0 Å². The number of hydrogen-bond acceptors (Lipinski definition) is 6. The lowest BCUT2D eigenvalue weighted by Gasteiger charge is -2.11. The molecule has 0 saturated carbocycles. The van der Waals surface area contributed by atoms with Gasteiger partial charge in [0.05, 0.1) is 11.1 Å². The minimum Gasteiger partial charge on any atom is -0.339 e. The molecule has 1 N–H and O–H groups in total. The van der Waals surface area contributed by atoms with Crippen LogP contribution in [0.3, 0.4) is 0 Å². The summed E-state index contributed by atoms with van der Waals surface area (Å²) in [5.74, 6) is 0.621. The molecular formula is C17H19ClN4O3. The Morgan fingerprint density at radius 3 is 2.56 bits per heavy atom. The first kappa shape index (κ1) is 17.6. The highest BCUT2D eigenvalue weighted by Crippen LogP contribution is 2.22. The molecule has 2 aliphatic rings. The third-order valence-electron chi connectivity index (χ3n) is 4.53. The van der Waals surface area contributed by atoms with Crippen LogP contribution >= 0.6 is 12.4 Å². The molecule has 1 saturated heterocycles. The Hall–Kier alpha value is -2.25. The fourth-order valence-electron chi connectivity index (χ4n) is 3.27. The van der Waals surface area contributed by atoms with Gasteiger partial charge in [0.25, 0.3) is 11.8 Å². The van der Waals surface area contributed by atoms with E-state index in [-0.39, 0.29) is 30.8 Å². The highest BCUT2D eigenvalue weighted by Gasteiger charge is 2.34. The van der Waals surface area contributed by atoms with E-state index in [2.05, 4.69) is 15.5 Å². The van der Waals surface area contributed by atoms with Crippen LogP contribution in [0, 0.1) is 0 Å². The predicted molar refractivity (Wildman–Crippen MR) is 91.8 cm³/mol. The maximum atomic E-state index is 12.3. The molecule has 1 aromatic heterocycles. The molecule has 1 unspecified atom stereocenters. The molecule has 2 aliphatic heterocycles. The number of carbonyl (C=O) groups excluding carboxylic acids is 2. The van der Waals surface area contributed by atoms with Gasteiger partial charge in [0, 0.05) is 25.4 Å². The normalized spacial score (nSPS) is 19.2. The fourth-order valence-corrected chi connectivity index (χ4v) is 3.27. The number of imide groups is 1. The van der Waals surface area contributed by atoms with Crippen molar-refractivity contribution in [3.8, 4) is 0 Å². The van der Waals surface area contributed by atoms with Crippen LogP contribution in [0.15, 0.2) is 28.8 Å². The van der Waals surface area contributed by atoms with E-state index < -0.39 is 0 Å².